The molecule has 1 aromatic carbocycles. The summed E-state index contributed by atoms with van der Waals surface area (Å²) >= 11 is 3.53. The molecule has 104 valence electrons. The molecule has 1 saturated carbocycles. The van der Waals surface area contributed by atoms with Crippen molar-refractivity contribution in [2.45, 2.75) is 19.4 Å². The molecule has 0 atom stereocenters. The third kappa shape index (κ3) is 2.58. The lowest BCUT2D eigenvalue weighted by molar-refractivity contribution is -0.384. The fraction of sp³-hybridized carbons (Fsp3) is 0.385. The minimum Gasteiger partial charge on any atom is -0.258 e. The molecule has 1 aromatic heterocycles. The van der Waals surface area contributed by atoms with Gasteiger partial charge in [0.2, 0.25) is 0 Å². The van der Waals surface area contributed by atoms with Gasteiger partial charge in [-0.1, -0.05) is 28.1 Å². The number of rotatable bonds is 5. The third-order valence-corrected chi connectivity index (χ3v) is 4.78. The SMILES string of the molecule is O=[N+]([O-])c1cccc(-c2ncn(CC3(CBr)CC3)n2)c1. The van der Waals surface area contributed by atoms with Crippen LogP contribution in [0, 0.1) is 15.5 Å². The Hall–Kier alpha value is -1.76. The highest BCUT2D eigenvalue weighted by Gasteiger charge is 2.42. The van der Waals surface area contributed by atoms with Crippen LogP contribution in [0.15, 0.2) is 30.6 Å². The van der Waals surface area contributed by atoms with Crippen molar-refractivity contribution in [3.63, 3.8) is 0 Å². The van der Waals surface area contributed by atoms with Crippen LogP contribution in [0.5, 0.6) is 0 Å². The number of alkyl halides is 1. The van der Waals surface area contributed by atoms with E-state index < -0.39 is 4.92 Å². The Balaban J connectivity index is 1.83. The Morgan fingerprint density at radius 3 is 2.90 bits per heavy atom. The smallest absolute Gasteiger partial charge is 0.258 e. The van der Waals surface area contributed by atoms with Gasteiger partial charge in [-0.05, 0) is 18.3 Å². The summed E-state index contributed by atoms with van der Waals surface area (Å²) in [4.78, 5) is 14.6. The monoisotopic (exact) mass is 336 g/mol. The van der Waals surface area contributed by atoms with E-state index in [0.717, 1.165) is 11.9 Å². The van der Waals surface area contributed by atoms with Crippen LogP contribution < -0.4 is 0 Å². The fourth-order valence-electron chi connectivity index (χ4n) is 2.12. The van der Waals surface area contributed by atoms with Crippen LogP contribution in [-0.4, -0.2) is 25.0 Å². The lowest BCUT2D eigenvalue weighted by atomic mass is 10.1. The maximum absolute atomic E-state index is 10.8. The molecular weight excluding hydrogens is 324 g/mol. The lowest BCUT2D eigenvalue weighted by Crippen LogP contribution is -2.13. The number of nitro benzene ring substituents is 1. The first-order valence-electron chi connectivity index (χ1n) is 6.32. The molecule has 2 aromatic rings. The van der Waals surface area contributed by atoms with E-state index in [0.29, 0.717) is 16.8 Å². The van der Waals surface area contributed by atoms with Gasteiger partial charge in [-0.3, -0.25) is 14.8 Å². The predicted molar refractivity (Wildman–Crippen MR) is 77.6 cm³/mol. The maximum atomic E-state index is 10.8. The zero-order chi connectivity index (χ0) is 14.2. The molecule has 0 saturated heterocycles. The van der Waals surface area contributed by atoms with Gasteiger partial charge < -0.3 is 0 Å². The van der Waals surface area contributed by atoms with Crippen molar-refractivity contribution < 1.29 is 4.92 Å². The lowest BCUT2D eigenvalue weighted by Gasteiger charge is -2.09. The van der Waals surface area contributed by atoms with Crippen molar-refractivity contribution in [2.24, 2.45) is 5.41 Å². The van der Waals surface area contributed by atoms with Crippen molar-refractivity contribution in [1.82, 2.24) is 14.8 Å². The summed E-state index contributed by atoms with van der Waals surface area (Å²) in [6, 6.07) is 6.39. The van der Waals surface area contributed by atoms with E-state index >= 15 is 0 Å². The molecule has 1 aliphatic rings. The number of benzene rings is 1. The molecule has 3 rings (SSSR count). The molecule has 0 spiro atoms. The van der Waals surface area contributed by atoms with E-state index in [1.165, 1.54) is 25.0 Å². The summed E-state index contributed by atoms with van der Waals surface area (Å²) in [7, 11) is 0. The molecule has 1 heterocycles. The molecule has 6 nitrogen and oxygen atoms in total. The molecule has 0 aliphatic heterocycles. The second-order valence-corrected chi connectivity index (χ2v) is 5.77. The number of nitro groups is 1. The van der Waals surface area contributed by atoms with Crippen molar-refractivity contribution >= 4 is 21.6 Å². The Kier molecular flexibility index (Phi) is 3.29. The van der Waals surface area contributed by atoms with Crippen molar-refractivity contribution in [3.05, 3.63) is 40.7 Å². The largest absolute Gasteiger partial charge is 0.270 e. The van der Waals surface area contributed by atoms with Gasteiger partial charge in [0.25, 0.3) is 5.69 Å². The van der Waals surface area contributed by atoms with Crippen LogP contribution in [0.3, 0.4) is 0 Å². The van der Waals surface area contributed by atoms with Gasteiger partial charge in [0.15, 0.2) is 5.82 Å². The average molecular weight is 337 g/mol. The van der Waals surface area contributed by atoms with E-state index in [9.17, 15) is 10.1 Å². The second-order valence-electron chi connectivity index (χ2n) is 5.21. The Morgan fingerprint density at radius 1 is 1.45 bits per heavy atom. The van der Waals surface area contributed by atoms with Crippen molar-refractivity contribution in [2.75, 3.05) is 5.33 Å². The molecule has 0 N–H and O–H groups in total. The van der Waals surface area contributed by atoms with Crippen LogP contribution in [0.1, 0.15) is 12.8 Å². The highest BCUT2D eigenvalue weighted by molar-refractivity contribution is 9.09. The molecule has 0 amide bonds. The summed E-state index contributed by atoms with van der Waals surface area (Å²) in [5, 5.41) is 16.2. The summed E-state index contributed by atoms with van der Waals surface area (Å²) in [5.74, 6) is 0.527. The first kappa shape index (κ1) is 13.2. The standard InChI is InChI=1S/C13H13BrN4O2/c14-7-13(4-5-13)8-17-9-15-12(16-17)10-2-1-3-11(6-10)18(19)20/h1-3,6,9H,4-5,7-8H2. The van der Waals surface area contributed by atoms with Gasteiger partial charge in [0.05, 0.1) is 4.92 Å². The quantitative estimate of drug-likeness (QED) is 0.477. The van der Waals surface area contributed by atoms with Crippen LogP contribution in [0.2, 0.25) is 0 Å². The molecule has 20 heavy (non-hydrogen) atoms. The number of halogens is 1. The average Bonchev–Trinajstić information content (AvgIpc) is 3.08. The van der Waals surface area contributed by atoms with Crippen molar-refractivity contribution in [1.29, 1.82) is 0 Å². The van der Waals surface area contributed by atoms with Crippen LogP contribution in [0.4, 0.5) is 5.69 Å². The number of hydrogen-bond donors (Lipinski definition) is 0. The minimum absolute atomic E-state index is 0.0537. The van der Waals surface area contributed by atoms with Crippen LogP contribution >= 0.6 is 15.9 Å². The normalized spacial score (nSPS) is 16.1. The minimum atomic E-state index is -0.412. The molecule has 7 heteroatoms. The summed E-state index contributed by atoms with van der Waals surface area (Å²) in [6.07, 6.45) is 4.09. The van der Waals surface area contributed by atoms with Gasteiger partial charge >= 0.3 is 0 Å². The van der Waals surface area contributed by atoms with E-state index in [-0.39, 0.29) is 5.69 Å². The molecule has 0 bridgehead atoms. The zero-order valence-corrected chi connectivity index (χ0v) is 12.3. The fourth-order valence-corrected chi connectivity index (χ4v) is 2.85. The Bertz CT molecular complexity index is 651. The predicted octanol–water partition coefficient (Wildman–Crippen LogP) is 3.03. The van der Waals surface area contributed by atoms with E-state index in [1.807, 2.05) is 4.68 Å². The second kappa shape index (κ2) is 4.97. The highest BCUT2D eigenvalue weighted by Crippen LogP contribution is 2.48. The summed E-state index contributed by atoms with van der Waals surface area (Å²) < 4.78 is 1.82. The van der Waals surface area contributed by atoms with Gasteiger partial charge in [0, 0.05) is 29.6 Å². The number of nitrogens with zero attached hydrogens (tertiary/aromatic N) is 4. The number of aromatic nitrogens is 3. The molecule has 0 radical (unpaired) electrons. The molecule has 1 aliphatic carbocycles. The first-order valence-corrected chi connectivity index (χ1v) is 7.44. The first-order chi connectivity index (χ1) is 9.62. The van der Waals surface area contributed by atoms with Gasteiger partial charge in [-0.25, -0.2) is 4.98 Å². The molecular formula is C13H13BrN4O2. The Morgan fingerprint density at radius 2 is 2.25 bits per heavy atom. The van der Waals surface area contributed by atoms with E-state index in [4.69, 9.17) is 0 Å². The van der Waals surface area contributed by atoms with Crippen LogP contribution in [0.25, 0.3) is 11.4 Å². The number of non-ortho nitro benzene ring substituents is 1. The topological polar surface area (TPSA) is 73.8 Å². The molecule has 0 unspecified atom stereocenters. The zero-order valence-electron chi connectivity index (χ0n) is 10.7. The third-order valence-electron chi connectivity index (χ3n) is 3.59. The van der Waals surface area contributed by atoms with Crippen LogP contribution in [-0.2, 0) is 6.54 Å². The van der Waals surface area contributed by atoms with Gasteiger partial charge in [0.1, 0.15) is 6.33 Å². The van der Waals surface area contributed by atoms with E-state index in [1.54, 1.807) is 18.5 Å². The summed E-state index contributed by atoms with van der Waals surface area (Å²) in [6.45, 7) is 0.834. The summed E-state index contributed by atoms with van der Waals surface area (Å²) in [5.41, 5.74) is 1.04. The maximum Gasteiger partial charge on any atom is 0.270 e. The van der Waals surface area contributed by atoms with Gasteiger partial charge in [-0.2, -0.15) is 5.10 Å². The van der Waals surface area contributed by atoms with Crippen molar-refractivity contribution in [3.8, 4) is 11.4 Å². The number of hydrogen-bond acceptors (Lipinski definition) is 4. The van der Waals surface area contributed by atoms with E-state index in [2.05, 4.69) is 26.0 Å². The Labute approximate surface area is 124 Å². The van der Waals surface area contributed by atoms with Gasteiger partial charge in [-0.15, -0.1) is 0 Å². The highest BCUT2D eigenvalue weighted by atomic mass is 79.9. The molecule has 1 fully saturated rings.